The van der Waals surface area contributed by atoms with E-state index in [1.165, 1.54) is 12.1 Å². The second kappa shape index (κ2) is 11.5. The number of nitrogen functional groups attached to an aromatic ring is 2. The van der Waals surface area contributed by atoms with Crippen LogP contribution in [0.15, 0.2) is 30.5 Å². The Hall–Kier alpha value is -3.55. The van der Waals surface area contributed by atoms with E-state index in [0.717, 1.165) is 5.69 Å². The number of anilines is 3. The van der Waals surface area contributed by atoms with Gasteiger partial charge in [0.05, 0.1) is 18.4 Å². The molecule has 0 aliphatic rings. The van der Waals surface area contributed by atoms with Gasteiger partial charge in [-0.05, 0) is 37.1 Å². The number of carboxylic acid groups (broad SMARTS) is 2. The molecule has 2 aromatic heterocycles. The monoisotopic (exact) mass is 476 g/mol. The van der Waals surface area contributed by atoms with E-state index >= 15 is 0 Å². The number of rotatable bonds is 9. The molecule has 1 aromatic carbocycles. The van der Waals surface area contributed by atoms with E-state index in [9.17, 15) is 19.5 Å². The third-order valence-corrected chi connectivity index (χ3v) is 4.71. The first-order chi connectivity index (χ1) is 15.6. The molecule has 2 heterocycles. The molecule has 172 valence electrons. The summed E-state index contributed by atoms with van der Waals surface area (Å²) < 4.78 is 0. The fourth-order valence-electron chi connectivity index (χ4n) is 3.02. The fraction of sp³-hybridized carbons (Fsp3) is 0.250. The summed E-state index contributed by atoms with van der Waals surface area (Å²) in [5, 5.41) is 22.0. The third kappa shape index (κ3) is 6.73. The van der Waals surface area contributed by atoms with Crippen LogP contribution in [0.2, 0.25) is 0 Å². The number of nitrogens with zero attached hydrogens (tertiary/aromatic N) is 5. The van der Waals surface area contributed by atoms with Crippen molar-refractivity contribution in [3.63, 3.8) is 0 Å². The van der Waals surface area contributed by atoms with Gasteiger partial charge in [0.2, 0.25) is 5.95 Å². The van der Waals surface area contributed by atoms with Gasteiger partial charge in [0.15, 0.2) is 17.0 Å². The number of aromatic nitrogens is 4. The Labute approximate surface area is 215 Å². The van der Waals surface area contributed by atoms with Gasteiger partial charge in [-0.15, -0.1) is 0 Å². The third-order valence-electron chi connectivity index (χ3n) is 4.71. The summed E-state index contributed by atoms with van der Waals surface area (Å²) in [4.78, 5) is 52.5. The number of hydrogen-bond donors (Lipinski definition) is 4. The van der Waals surface area contributed by atoms with Crippen molar-refractivity contribution in [3.8, 4) is 0 Å². The van der Waals surface area contributed by atoms with Crippen LogP contribution in [0.1, 0.15) is 28.9 Å². The Morgan fingerprint density at radius 2 is 1.82 bits per heavy atom. The second-order valence-corrected chi connectivity index (χ2v) is 7.18. The molecule has 13 nitrogen and oxygen atoms in total. The molecule has 34 heavy (non-hydrogen) atoms. The standard InChI is InChI=1S/C20H22N8O5.Na/c1-28(9-11-8-23-17-15(24-11)16(21)26-20(22)27-17)12-4-2-10(3-5-12)18(31)25-13(19(32)33)6-7-14(29)30;/h2-5,8,13H,6-7,9H2,1H3,(H,25,31)(H,29,30)(H,32,33)(H4,21,22,23,26,27);/q;+1/p-1/t13-;/m0./s1. The SMILES string of the molecule is CN(Cc1cnc2nc(N)nc(N)c2n1)c1ccc(C(=O)N[C@@H](CCC(=O)[O-])C(=O)O)cc1.[Na+]. The average Bonchev–Trinajstić information content (AvgIpc) is 2.76. The predicted molar refractivity (Wildman–Crippen MR) is 116 cm³/mol. The number of carbonyl (C=O) groups is 3. The summed E-state index contributed by atoms with van der Waals surface area (Å²) in [5.41, 5.74) is 13.6. The van der Waals surface area contributed by atoms with Gasteiger partial charge in [-0.2, -0.15) is 9.97 Å². The van der Waals surface area contributed by atoms with Gasteiger partial charge in [0, 0.05) is 24.3 Å². The molecule has 0 unspecified atom stereocenters. The second-order valence-electron chi connectivity index (χ2n) is 7.18. The molecule has 0 aliphatic carbocycles. The summed E-state index contributed by atoms with van der Waals surface area (Å²) in [6.45, 7) is 0.364. The van der Waals surface area contributed by atoms with Crippen molar-refractivity contribution in [3.05, 3.63) is 41.7 Å². The van der Waals surface area contributed by atoms with Crippen LogP contribution >= 0.6 is 0 Å². The molecule has 0 radical (unpaired) electrons. The molecule has 1 atom stereocenters. The van der Waals surface area contributed by atoms with Crippen molar-refractivity contribution in [2.75, 3.05) is 23.4 Å². The zero-order valence-corrected chi connectivity index (χ0v) is 20.6. The number of carbonyl (C=O) groups excluding carboxylic acids is 2. The van der Waals surface area contributed by atoms with Crippen LogP contribution in [-0.2, 0) is 16.1 Å². The van der Waals surface area contributed by atoms with E-state index in [4.69, 9.17) is 16.6 Å². The summed E-state index contributed by atoms with van der Waals surface area (Å²) >= 11 is 0. The molecule has 0 saturated heterocycles. The van der Waals surface area contributed by atoms with Gasteiger partial charge < -0.3 is 36.7 Å². The number of nitrogens with one attached hydrogen (secondary N) is 1. The Kier molecular flexibility index (Phi) is 9.06. The normalized spacial score (nSPS) is 11.3. The van der Waals surface area contributed by atoms with Crippen LogP contribution in [-0.4, -0.2) is 56.0 Å². The summed E-state index contributed by atoms with van der Waals surface area (Å²) in [6, 6.07) is 5.08. The van der Waals surface area contributed by atoms with Crippen molar-refractivity contribution in [1.29, 1.82) is 0 Å². The van der Waals surface area contributed by atoms with Gasteiger partial charge >= 0.3 is 35.5 Å². The molecule has 1 amide bonds. The molecule has 0 spiro atoms. The molecule has 0 saturated carbocycles. The molecule has 3 aromatic rings. The van der Waals surface area contributed by atoms with Gasteiger partial charge in [-0.3, -0.25) is 4.79 Å². The minimum atomic E-state index is -1.39. The van der Waals surface area contributed by atoms with Crippen molar-refractivity contribution in [1.82, 2.24) is 25.3 Å². The van der Waals surface area contributed by atoms with Crippen LogP contribution in [0.4, 0.5) is 17.5 Å². The zero-order valence-electron chi connectivity index (χ0n) is 18.6. The Bertz CT molecular complexity index is 1210. The number of fused-ring (bicyclic) bond motifs is 1. The maximum absolute atomic E-state index is 12.4. The van der Waals surface area contributed by atoms with Crippen molar-refractivity contribution in [2.45, 2.75) is 25.4 Å². The Morgan fingerprint density at radius 3 is 2.44 bits per heavy atom. The van der Waals surface area contributed by atoms with Gasteiger partial charge in [-0.25, -0.2) is 14.8 Å². The Morgan fingerprint density at radius 1 is 1.15 bits per heavy atom. The molecule has 0 bridgehead atoms. The topological polar surface area (TPSA) is 213 Å². The van der Waals surface area contributed by atoms with E-state index < -0.39 is 30.3 Å². The van der Waals surface area contributed by atoms with Crippen molar-refractivity contribution in [2.24, 2.45) is 0 Å². The smallest absolute Gasteiger partial charge is 0.550 e. The number of aliphatic carboxylic acids is 2. The number of benzene rings is 1. The van der Waals surface area contributed by atoms with Crippen molar-refractivity contribution < 1.29 is 54.2 Å². The van der Waals surface area contributed by atoms with E-state index in [1.54, 1.807) is 18.3 Å². The maximum Gasteiger partial charge on any atom is 1.00 e. The zero-order chi connectivity index (χ0) is 24.1. The number of nitrogens with two attached hydrogens (primary N) is 2. The van der Waals surface area contributed by atoms with Crippen LogP contribution in [0.5, 0.6) is 0 Å². The summed E-state index contributed by atoms with van der Waals surface area (Å²) in [7, 11) is 1.81. The molecule has 0 aliphatic heterocycles. The molecular formula is C20H21N8NaO5. The summed E-state index contributed by atoms with van der Waals surface area (Å²) in [5.74, 6) is -3.21. The van der Waals surface area contributed by atoms with Crippen molar-refractivity contribution >= 4 is 46.5 Å². The van der Waals surface area contributed by atoms with E-state index in [-0.39, 0.29) is 53.3 Å². The van der Waals surface area contributed by atoms with E-state index in [1.807, 2.05) is 11.9 Å². The van der Waals surface area contributed by atoms with Crippen LogP contribution < -0.4 is 56.3 Å². The molecule has 14 heteroatoms. The molecule has 3 rings (SSSR count). The van der Waals surface area contributed by atoms with Crippen LogP contribution in [0.3, 0.4) is 0 Å². The minimum absolute atomic E-state index is 0. The van der Waals surface area contributed by atoms with E-state index in [2.05, 4.69) is 25.3 Å². The van der Waals surface area contributed by atoms with Gasteiger partial charge in [-0.1, -0.05) is 0 Å². The maximum atomic E-state index is 12.4. The molecular weight excluding hydrogens is 455 g/mol. The predicted octanol–water partition coefficient (Wildman–Crippen LogP) is -4.06. The molecule has 0 fully saturated rings. The van der Waals surface area contributed by atoms with Gasteiger partial charge in [0.25, 0.3) is 5.91 Å². The van der Waals surface area contributed by atoms with Crippen LogP contribution in [0.25, 0.3) is 11.2 Å². The van der Waals surface area contributed by atoms with Crippen LogP contribution in [0, 0.1) is 0 Å². The first-order valence-electron chi connectivity index (χ1n) is 9.73. The average molecular weight is 476 g/mol. The molecule has 6 N–H and O–H groups in total. The first kappa shape index (κ1) is 26.7. The summed E-state index contributed by atoms with van der Waals surface area (Å²) in [6.07, 6.45) is 0.786. The van der Waals surface area contributed by atoms with Gasteiger partial charge in [0.1, 0.15) is 6.04 Å². The largest absolute Gasteiger partial charge is 1.00 e. The first-order valence-corrected chi connectivity index (χ1v) is 9.73. The number of carboxylic acids is 2. The number of amides is 1. The fourth-order valence-corrected chi connectivity index (χ4v) is 3.02. The quantitative estimate of drug-likeness (QED) is 0.217. The number of hydrogen-bond acceptors (Lipinski definition) is 11. The Balaban J connectivity index is 0.00000408. The minimum Gasteiger partial charge on any atom is -0.550 e. The van der Waals surface area contributed by atoms with E-state index in [0.29, 0.717) is 23.4 Å².